The minimum absolute atomic E-state index is 0.705. The largest absolute Gasteiger partial charge is 0.386 e. The number of pyridine rings is 1. The van der Waals surface area contributed by atoms with Crippen LogP contribution >= 0.6 is 21.7 Å². The SMILES string of the molecule is CC.CC(C)(O)c1ccnc(SCl)c1. The summed E-state index contributed by atoms with van der Waals surface area (Å²) in [7, 11) is 6.57. The molecule has 14 heavy (non-hydrogen) atoms. The van der Waals surface area contributed by atoms with Crippen molar-refractivity contribution in [1.82, 2.24) is 4.98 Å². The number of halogens is 1. The molecular weight excluding hydrogens is 218 g/mol. The van der Waals surface area contributed by atoms with E-state index in [4.69, 9.17) is 10.7 Å². The molecule has 0 bridgehead atoms. The second kappa shape index (κ2) is 6.27. The summed E-state index contributed by atoms with van der Waals surface area (Å²) in [6.07, 6.45) is 1.64. The molecule has 1 rings (SSSR count). The van der Waals surface area contributed by atoms with E-state index in [2.05, 4.69) is 4.98 Å². The van der Waals surface area contributed by atoms with E-state index < -0.39 is 5.60 Å². The van der Waals surface area contributed by atoms with Crippen molar-refractivity contribution in [2.24, 2.45) is 0 Å². The molecule has 0 aliphatic heterocycles. The van der Waals surface area contributed by atoms with Crippen LogP contribution in [0.5, 0.6) is 0 Å². The van der Waals surface area contributed by atoms with Crippen LogP contribution in [0, 0.1) is 0 Å². The minimum Gasteiger partial charge on any atom is -0.386 e. The van der Waals surface area contributed by atoms with Crippen molar-refractivity contribution in [2.75, 3.05) is 0 Å². The van der Waals surface area contributed by atoms with Crippen LogP contribution in [0.4, 0.5) is 0 Å². The number of aliphatic hydroxyl groups is 1. The average molecular weight is 234 g/mol. The number of rotatable bonds is 2. The molecule has 4 heteroatoms. The Morgan fingerprint density at radius 3 is 2.43 bits per heavy atom. The zero-order valence-corrected chi connectivity index (χ0v) is 10.5. The van der Waals surface area contributed by atoms with Crippen LogP contribution in [0.1, 0.15) is 33.3 Å². The third-order valence-corrected chi connectivity index (χ3v) is 2.38. The second-order valence-corrected chi connectivity index (χ2v) is 4.05. The van der Waals surface area contributed by atoms with E-state index in [-0.39, 0.29) is 0 Å². The van der Waals surface area contributed by atoms with Gasteiger partial charge in [-0.1, -0.05) is 13.8 Å². The molecule has 0 fully saturated rings. The van der Waals surface area contributed by atoms with Gasteiger partial charge in [-0.2, -0.15) is 0 Å². The Balaban J connectivity index is 0.000000791. The molecule has 2 nitrogen and oxygen atoms in total. The predicted octanol–water partition coefficient (Wildman–Crippen LogP) is 3.58. The van der Waals surface area contributed by atoms with Gasteiger partial charge in [-0.3, -0.25) is 0 Å². The molecule has 0 saturated carbocycles. The first-order chi connectivity index (χ1) is 6.54. The topological polar surface area (TPSA) is 33.1 Å². The maximum Gasteiger partial charge on any atom is 0.112 e. The molecule has 1 aromatic rings. The summed E-state index contributed by atoms with van der Waals surface area (Å²) in [5.74, 6) is 0. The Kier molecular flexibility index (Phi) is 6.16. The zero-order valence-electron chi connectivity index (χ0n) is 8.91. The van der Waals surface area contributed by atoms with Gasteiger partial charge in [-0.15, -0.1) is 0 Å². The summed E-state index contributed by atoms with van der Waals surface area (Å²) in [6, 6.07) is 3.55. The van der Waals surface area contributed by atoms with Crippen LogP contribution in [0.3, 0.4) is 0 Å². The van der Waals surface area contributed by atoms with Gasteiger partial charge in [0.1, 0.15) is 5.03 Å². The summed E-state index contributed by atoms with van der Waals surface area (Å²) >= 11 is 0. The highest BCUT2D eigenvalue weighted by Gasteiger charge is 2.15. The summed E-state index contributed by atoms with van der Waals surface area (Å²) in [6.45, 7) is 7.45. The van der Waals surface area contributed by atoms with Gasteiger partial charge >= 0.3 is 0 Å². The van der Waals surface area contributed by atoms with Crippen molar-refractivity contribution in [3.05, 3.63) is 23.9 Å². The molecule has 1 heterocycles. The highest BCUT2D eigenvalue weighted by Crippen LogP contribution is 2.25. The minimum atomic E-state index is -0.829. The zero-order chi connectivity index (χ0) is 11.2. The summed E-state index contributed by atoms with van der Waals surface area (Å²) < 4.78 is 0. The van der Waals surface area contributed by atoms with Crippen molar-refractivity contribution in [1.29, 1.82) is 0 Å². The van der Waals surface area contributed by atoms with Gasteiger partial charge in [0.2, 0.25) is 0 Å². The fourth-order valence-corrected chi connectivity index (χ4v) is 1.36. The van der Waals surface area contributed by atoms with Crippen molar-refractivity contribution in [3.63, 3.8) is 0 Å². The monoisotopic (exact) mass is 233 g/mol. The first-order valence-electron chi connectivity index (χ1n) is 4.51. The molecule has 80 valence electrons. The average Bonchev–Trinajstić information content (AvgIpc) is 2.20. The molecule has 1 N–H and O–H groups in total. The van der Waals surface area contributed by atoms with E-state index in [1.165, 1.54) is 0 Å². The molecule has 0 aliphatic rings. The Morgan fingerprint density at radius 2 is 2.00 bits per heavy atom. The van der Waals surface area contributed by atoms with Gasteiger partial charge in [0.15, 0.2) is 0 Å². The van der Waals surface area contributed by atoms with E-state index >= 15 is 0 Å². The number of hydrogen-bond acceptors (Lipinski definition) is 3. The first kappa shape index (κ1) is 13.8. The summed E-state index contributed by atoms with van der Waals surface area (Å²) in [5, 5.41) is 10.3. The smallest absolute Gasteiger partial charge is 0.112 e. The van der Waals surface area contributed by atoms with Crippen LogP contribution in [0.2, 0.25) is 0 Å². The molecule has 0 spiro atoms. The quantitative estimate of drug-likeness (QED) is 0.848. The normalized spacial score (nSPS) is 10.4. The third-order valence-electron chi connectivity index (χ3n) is 1.52. The van der Waals surface area contributed by atoms with Crippen LogP contribution < -0.4 is 0 Å². The van der Waals surface area contributed by atoms with Crippen molar-refractivity contribution in [2.45, 2.75) is 38.3 Å². The molecule has 0 saturated heterocycles. The Bertz CT molecular complexity index is 273. The van der Waals surface area contributed by atoms with Crippen LogP contribution in [-0.4, -0.2) is 10.1 Å². The lowest BCUT2D eigenvalue weighted by atomic mass is 10.0. The number of nitrogens with zero attached hydrogens (tertiary/aromatic N) is 1. The maximum atomic E-state index is 9.63. The number of hydrogen-bond donors (Lipinski definition) is 1. The van der Waals surface area contributed by atoms with Gasteiger partial charge < -0.3 is 5.11 Å². The highest BCUT2D eigenvalue weighted by molar-refractivity contribution is 8.21. The van der Waals surface area contributed by atoms with Gasteiger partial charge in [-0.05, 0) is 42.2 Å². The van der Waals surface area contributed by atoms with Gasteiger partial charge in [0.25, 0.3) is 0 Å². The van der Waals surface area contributed by atoms with Crippen LogP contribution in [0.15, 0.2) is 23.4 Å². The Morgan fingerprint density at radius 1 is 1.43 bits per heavy atom. The maximum absolute atomic E-state index is 9.63. The Labute approximate surface area is 94.2 Å². The number of aromatic nitrogens is 1. The van der Waals surface area contributed by atoms with Crippen molar-refractivity contribution >= 4 is 21.7 Å². The molecule has 1 aromatic heterocycles. The van der Waals surface area contributed by atoms with E-state index in [1.807, 2.05) is 13.8 Å². The van der Waals surface area contributed by atoms with Crippen LogP contribution in [-0.2, 0) is 5.60 Å². The summed E-state index contributed by atoms with van der Waals surface area (Å²) in [5.41, 5.74) is -0.00901. The van der Waals surface area contributed by atoms with E-state index in [0.29, 0.717) is 5.03 Å². The summed E-state index contributed by atoms with van der Waals surface area (Å²) in [4.78, 5) is 3.99. The lowest BCUT2D eigenvalue weighted by Crippen LogP contribution is -2.15. The van der Waals surface area contributed by atoms with Gasteiger partial charge in [0, 0.05) is 17.2 Å². The van der Waals surface area contributed by atoms with E-state index in [0.717, 1.165) is 16.5 Å². The third kappa shape index (κ3) is 4.31. The standard InChI is InChI=1S/C8H10ClNOS.C2H6/c1-8(2,11)6-3-4-10-7(5-6)12-9;1-2/h3-5,11H,1-2H3;1-2H3. The fourth-order valence-electron chi connectivity index (χ4n) is 0.832. The van der Waals surface area contributed by atoms with Crippen molar-refractivity contribution in [3.8, 4) is 0 Å². The van der Waals surface area contributed by atoms with Gasteiger partial charge in [-0.25, -0.2) is 4.98 Å². The van der Waals surface area contributed by atoms with Gasteiger partial charge in [0.05, 0.1) is 5.60 Å². The van der Waals surface area contributed by atoms with Crippen molar-refractivity contribution < 1.29 is 5.11 Å². The molecule has 0 unspecified atom stereocenters. The molecule has 0 atom stereocenters. The lowest BCUT2D eigenvalue weighted by molar-refractivity contribution is 0.0782. The Hall–Kier alpha value is -0.250. The van der Waals surface area contributed by atoms with E-state index in [1.54, 1.807) is 32.2 Å². The highest BCUT2D eigenvalue weighted by atomic mass is 35.7. The molecule has 0 radical (unpaired) electrons. The molecular formula is C10H16ClNOS. The van der Waals surface area contributed by atoms with E-state index in [9.17, 15) is 5.11 Å². The van der Waals surface area contributed by atoms with Crippen LogP contribution in [0.25, 0.3) is 0 Å². The second-order valence-electron chi connectivity index (χ2n) is 3.02. The fraction of sp³-hybridized carbons (Fsp3) is 0.500. The first-order valence-corrected chi connectivity index (χ1v) is 6.16. The molecule has 0 aliphatic carbocycles. The molecule has 0 amide bonds. The lowest BCUT2D eigenvalue weighted by Gasteiger charge is -2.17. The predicted molar refractivity (Wildman–Crippen MR) is 62.5 cm³/mol. The molecule has 0 aromatic carbocycles.